The second-order valence-corrected chi connectivity index (χ2v) is 5.36. The maximum atomic E-state index is 8.72. The molecule has 0 saturated carbocycles. The van der Waals surface area contributed by atoms with Gasteiger partial charge in [-0.3, -0.25) is 0 Å². The van der Waals surface area contributed by atoms with Gasteiger partial charge in [-0.2, -0.15) is 5.26 Å². The fourth-order valence-corrected chi connectivity index (χ4v) is 2.06. The topological polar surface area (TPSA) is 71.9 Å². The molecular formula is C15H14BrN3O. The van der Waals surface area contributed by atoms with E-state index < -0.39 is 0 Å². The van der Waals surface area contributed by atoms with E-state index in [1.54, 1.807) is 12.1 Å². The van der Waals surface area contributed by atoms with Crippen molar-refractivity contribution in [2.45, 2.75) is 19.1 Å². The van der Waals surface area contributed by atoms with Crippen molar-refractivity contribution in [3.05, 3.63) is 58.3 Å². The summed E-state index contributed by atoms with van der Waals surface area (Å²) in [6, 6.07) is 13.0. The average molecular weight is 332 g/mol. The first-order chi connectivity index (χ1) is 9.60. The molecule has 0 fully saturated rings. The predicted octanol–water partition coefficient (Wildman–Crippen LogP) is 3.18. The highest BCUT2D eigenvalue weighted by Gasteiger charge is 2.18. The van der Waals surface area contributed by atoms with Crippen LogP contribution in [0.2, 0.25) is 0 Å². The molecule has 2 aromatic rings. The van der Waals surface area contributed by atoms with Gasteiger partial charge in [0.1, 0.15) is 23.6 Å². The highest BCUT2D eigenvalue weighted by molar-refractivity contribution is 9.10. The van der Waals surface area contributed by atoms with E-state index in [0.717, 1.165) is 10.0 Å². The molecule has 0 radical (unpaired) electrons. The van der Waals surface area contributed by atoms with Gasteiger partial charge >= 0.3 is 0 Å². The van der Waals surface area contributed by atoms with Gasteiger partial charge in [0, 0.05) is 10.5 Å². The van der Waals surface area contributed by atoms with Crippen molar-refractivity contribution < 1.29 is 4.74 Å². The third-order valence-electron chi connectivity index (χ3n) is 2.79. The smallest absolute Gasteiger partial charge is 0.140 e. The zero-order chi connectivity index (χ0) is 14.5. The van der Waals surface area contributed by atoms with Crippen LogP contribution in [0.1, 0.15) is 24.3 Å². The van der Waals surface area contributed by atoms with Crippen LogP contribution in [0.4, 0.5) is 0 Å². The summed E-state index contributed by atoms with van der Waals surface area (Å²) in [5.41, 5.74) is 7.35. The normalized spacial score (nSPS) is 13.3. The SMILES string of the molecule is CC(N)[C@H](Oc1ccc(C#N)nc1)c1ccc(Br)cc1. The summed E-state index contributed by atoms with van der Waals surface area (Å²) >= 11 is 3.40. The lowest BCUT2D eigenvalue weighted by atomic mass is 10.0. The average Bonchev–Trinajstić information content (AvgIpc) is 2.46. The van der Waals surface area contributed by atoms with Crippen LogP contribution in [-0.4, -0.2) is 11.0 Å². The fraction of sp³-hybridized carbons (Fsp3) is 0.200. The lowest BCUT2D eigenvalue weighted by Gasteiger charge is -2.22. The lowest BCUT2D eigenvalue weighted by Crippen LogP contribution is -2.29. The van der Waals surface area contributed by atoms with Gasteiger partial charge in [0.15, 0.2) is 0 Å². The van der Waals surface area contributed by atoms with Crippen LogP contribution in [0.25, 0.3) is 0 Å². The Bertz CT molecular complexity index is 603. The summed E-state index contributed by atoms with van der Waals surface area (Å²) in [4.78, 5) is 3.98. The highest BCUT2D eigenvalue weighted by atomic mass is 79.9. The van der Waals surface area contributed by atoms with Crippen LogP contribution in [-0.2, 0) is 0 Å². The summed E-state index contributed by atoms with van der Waals surface area (Å²) in [6.07, 6.45) is 1.27. The second kappa shape index (κ2) is 6.51. The number of ether oxygens (including phenoxy) is 1. The number of benzene rings is 1. The van der Waals surface area contributed by atoms with Crippen LogP contribution >= 0.6 is 15.9 Å². The molecule has 20 heavy (non-hydrogen) atoms. The zero-order valence-corrected chi connectivity index (χ0v) is 12.5. The third kappa shape index (κ3) is 3.56. The van der Waals surface area contributed by atoms with Gasteiger partial charge < -0.3 is 10.5 Å². The number of hydrogen-bond acceptors (Lipinski definition) is 4. The standard InChI is InChI=1S/C15H14BrN3O/c1-10(18)15(11-2-4-12(16)5-3-11)20-14-7-6-13(8-17)19-9-14/h2-7,9-10,15H,18H2,1H3/t10?,15-/m0/s1. The van der Waals surface area contributed by atoms with Crippen molar-refractivity contribution in [1.82, 2.24) is 4.98 Å². The van der Waals surface area contributed by atoms with Crippen LogP contribution in [0.15, 0.2) is 47.1 Å². The molecule has 1 heterocycles. The maximum Gasteiger partial charge on any atom is 0.140 e. The number of nitrogens with two attached hydrogens (primary N) is 1. The summed E-state index contributed by atoms with van der Waals surface area (Å²) in [7, 11) is 0. The molecule has 0 spiro atoms. The van der Waals surface area contributed by atoms with E-state index in [1.807, 2.05) is 37.3 Å². The summed E-state index contributed by atoms with van der Waals surface area (Å²) < 4.78 is 6.89. The van der Waals surface area contributed by atoms with E-state index in [1.165, 1.54) is 6.20 Å². The van der Waals surface area contributed by atoms with Crippen LogP contribution in [0, 0.1) is 11.3 Å². The largest absolute Gasteiger partial charge is 0.482 e. The molecule has 2 N–H and O–H groups in total. The highest BCUT2D eigenvalue weighted by Crippen LogP contribution is 2.25. The van der Waals surface area contributed by atoms with Gasteiger partial charge in [-0.15, -0.1) is 0 Å². The second-order valence-electron chi connectivity index (χ2n) is 4.44. The molecule has 0 amide bonds. The van der Waals surface area contributed by atoms with Crippen LogP contribution < -0.4 is 10.5 Å². The Kier molecular flexibility index (Phi) is 4.72. The fourth-order valence-electron chi connectivity index (χ4n) is 1.79. The molecule has 1 aromatic carbocycles. The summed E-state index contributed by atoms with van der Waals surface area (Å²) in [5, 5.41) is 8.72. The Morgan fingerprint density at radius 2 is 1.95 bits per heavy atom. The monoisotopic (exact) mass is 331 g/mol. The summed E-state index contributed by atoms with van der Waals surface area (Å²) in [6.45, 7) is 1.89. The van der Waals surface area contributed by atoms with E-state index >= 15 is 0 Å². The predicted molar refractivity (Wildman–Crippen MR) is 80.1 cm³/mol. The van der Waals surface area contributed by atoms with Crippen LogP contribution in [0.3, 0.4) is 0 Å². The van der Waals surface area contributed by atoms with Gasteiger partial charge in [0.05, 0.1) is 6.20 Å². The zero-order valence-electron chi connectivity index (χ0n) is 11.0. The molecule has 102 valence electrons. The number of hydrogen-bond donors (Lipinski definition) is 1. The van der Waals surface area contributed by atoms with Crippen molar-refractivity contribution in [2.24, 2.45) is 5.73 Å². The van der Waals surface area contributed by atoms with Gasteiger partial charge in [0.2, 0.25) is 0 Å². The van der Waals surface area contributed by atoms with E-state index in [9.17, 15) is 0 Å². The van der Waals surface area contributed by atoms with Gasteiger partial charge in [-0.25, -0.2) is 4.98 Å². The van der Waals surface area contributed by atoms with E-state index in [4.69, 9.17) is 15.7 Å². The molecular weight excluding hydrogens is 318 g/mol. The van der Waals surface area contributed by atoms with Crippen molar-refractivity contribution in [3.8, 4) is 11.8 Å². The van der Waals surface area contributed by atoms with Gasteiger partial charge in [-0.1, -0.05) is 28.1 Å². The van der Waals surface area contributed by atoms with E-state index in [-0.39, 0.29) is 12.1 Å². The first-order valence-corrected chi connectivity index (χ1v) is 6.93. The van der Waals surface area contributed by atoms with Crippen molar-refractivity contribution >= 4 is 15.9 Å². The Balaban J connectivity index is 2.21. The molecule has 2 rings (SSSR count). The van der Waals surface area contributed by atoms with Crippen molar-refractivity contribution in [1.29, 1.82) is 5.26 Å². The number of nitriles is 1. The van der Waals surface area contributed by atoms with Crippen molar-refractivity contribution in [2.75, 3.05) is 0 Å². The quantitative estimate of drug-likeness (QED) is 0.933. The lowest BCUT2D eigenvalue weighted by molar-refractivity contribution is 0.180. The first-order valence-electron chi connectivity index (χ1n) is 6.14. The number of aromatic nitrogens is 1. The molecule has 1 unspecified atom stereocenters. The molecule has 0 saturated heterocycles. The molecule has 2 atom stereocenters. The molecule has 4 nitrogen and oxygen atoms in total. The maximum absolute atomic E-state index is 8.72. The molecule has 1 aromatic heterocycles. The molecule has 0 aliphatic carbocycles. The number of halogens is 1. The number of rotatable bonds is 4. The Morgan fingerprint density at radius 1 is 1.25 bits per heavy atom. The van der Waals surface area contributed by atoms with Gasteiger partial charge in [-0.05, 0) is 36.8 Å². The minimum absolute atomic E-state index is 0.174. The summed E-state index contributed by atoms with van der Waals surface area (Å²) in [5.74, 6) is 0.592. The van der Waals surface area contributed by atoms with Gasteiger partial charge in [0.25, 0.3) is 0 Å². The van der Waals surface area contributed by atoms with Crippen molar-refractivity contribution in [3.63, 3.8) is 0 Å². The Labute approximate surface area is 126 Å². The number of nitrogens with zero attached hydrogens (tertiary/aromatic N) is 2. The molecule has 5 heteroatoms. The third-order valence-corrected chi connectivity index (χ3v) is 3.32. The Hall–Kier alpha value is -1.90. The van der Waals surface area contributed by atoms with E-state index in [0.29, 0.717) is 11.4 Å². The van der Waals surface area contributed by atoms with E-state index in [2.05, 4.69) is 20.9 Å². The molecule has 0 aliphatic heterocycles. The number of pyridine rings is 1. The minimum atomic E-state index is -0.266. The molecule has 0 bridgehead atoms. The molecule has 0 aliphatic rings. The Morgan fingerprint density at radius 3 is 2.45 bits per heavy atom. The minimum Gasteiger partial charge on any atom is -0.482 e. The first kappa shape index (κ1) is 14.5. The van der Waals surface area contributed by atoms with Crippen LogP contribution in [0.5, 0.6) is 5.75 Å².